The summed E-state index contributed by atoms with van der Waals surface area (Å²) in [6.45, 7) is 11.7. The van der Waals surface area contributed by atoms with Gasteiger partial charge in [-0.05, 0) is 75.9 Å². The van der Waals surface area contributed by atoms with Gasteiger partial charge in [-0.15, -0.1) is 12.8 Å². The van der Waals surface area contributed by atoms with Crippen LogP contribution in [-0.4, -0.2) is 36.4 Å². The summed E-state index contributed by atoms with van der Waals surface area (Å²) < 4.78 is 26.8. The Morgan fingerprint density at radius 3 is 2.26 bits per heavy atom. The van der Waals surface area contributed by atoms with Crippen molar-refractivity contribution in [3.05, 3.63) is 53.9 Å². The zero-order valence-corrected chi connectivity index (χ0v) is 22.6. The monoisotopic (exact) mass is 497 g/mol. The van der Waals surface area contributed by atoms with Gasteiger partial charge < -0.3 is 10.7 Å². The van der Waals surface area contributed by atoms with Gasteiger partial charge in [0, 0.05) is 24.4 Å². The molecule has 1 fully saturated rings. The number of hydrogen-bond acceptors (Lipinski definition) is 6. The second kappa shape index (κ2) is 21.6. The SMILES string of the molecule is C=C(C=N)c1ccnc(C)n1.CC.CC1CCC(C2=CC(F)CCC(F)=C2)CC1.CNC.NS. The minimum absolute atomic E-state index is 0.148. The van der Waals surface area contributed by atoms with Crippen LogP contribution < -0.4 is 10.5 Å². The largest absolute Gasteiger partial charge is 0.323 e. The summed E-state index contributed by atoms with van der Waals surface area (Å²) >= 11 is 3.03. The fourth-order valence-corrected chi connectivity index (χ4v) is 3.43. The molecule has 0 saturated heterocycles. The van der Waals surface area contributed by atoms with Crippen LogP contribution in [0.15, 0.2) is 42.4 Å². The van der Waals surface area contributed by atoms with E-state index < -0.39 is 6.17 Å². The van der Waals surface area contributed by atoms with Gasteiger partial charge >= 0.3 is 0 Å². The molecule has 1 heterocycles. The smallest absolute Gasteiger partial charge is 0.125 e. The third-order valence-electron chi connectivity index (χ3n) is 5.12. The van der Waals surface area contributed by atoms with E-state index in [1.165, 1.54) is 19.1 Å². The lowest BCUT2D eigenvalue weighted by molar-refractivity contribution is 0.319. The molecule has 0 radical (unpaired) electrons. The van der Waals surface area contributed by atoms with Gasteiger partial charge in [0.25, 0.3) is 0 Å². The molecule has 0 aromatic carbocycles. The van der Waals surface area contributed by atoms with Crippen LogP contribution in [0.4, 0.5) is 8.78 Å². The van der Waals surface area contributed by atoms with Gasteiger partial charge in [-0.1, -0.05) is 40.2 Å². The Morgan fingerprint density at radius 1 is 1.21 bits per heavy atom. The first-order valence-electron chi connectivity index (χ1n) is 11.9. The van der Waals surface area contributed by atoms with E-state index in [1.54, 1.807) is 31.3 Å². The van der Waals surface area contributed by atoms with Crippen molar-refractivity contribution in [1.82, 2.24) is 15.3 Å². The summed E-state index contributed by atoms with van der Waals surface area (Å²) in [7, 11) is 3.75. The average molecular weight is 498 g/mol. The summed E-state index contributed by atoms with van der Waals surface area (Å²) in [5, 5.41) is 13.9. The van der Waals surface area contributed by atoms with E-state index in [0.717, 1.165) is 24.3 Å². The molecule has 5 nitrogen and oxygen atoms in total. The minimum Gasteiger partial charge on any atom is -0.323 e. The van der Waals surface area contributed by atoms with E-state index in [-0.39, 0.29) is 12.2 Å². The van der Waals surface area contributed by atoms with Gasteiger partial charge in [0.05, 0.1) is 5.69 Å². The van der Waals surface area contributed by atoms with E-state index in [0.29, 0.717) is 29.4 Å². The van der Waals surface area contributed by atoms with Gasteiger partial charge in [0.1, 0.15) is 17.8 Å². The summed E-state index contributed by atoms with van der Waals surface area (Å²) in [6, 6.07) is 1.74. The maximum atomic E-state index is 13.4. The molecule has 8 heteroatoms. The summed E-state index contributed by atoms with van der Waals surface area (Å²) in [6.07, 6.45) is 10.2. The lowest BCUT2D eigenvalue weighted by Crippen LogP contribution is -2.14. The normalized spacial score (nSPS) is 20.9. The third kappa shape index (κ3) is 15.1. The van der Waals surface area contributed by atoms with Crippen molar-refractivity contribution in [1.29, 1.82) is 5.41 Å². The van der Waals surface area contributed by atoms with Crippen molar-refractivity contribution in [3.8, 4) is 0 Å². The number of hydrogen-bond donors (Lipinski definition) is 4. The van der Waals surface area contributed by atoms with Crippen molar-refractivity contribution < 1.29 is 8.78 Å². The molecule has 0 spiro atoms. The number of nitrogens with one attached hydrogen (secondary N) is 2. The number of alkyl halides is 1. The Bertz CT molecular complexity index is 744. The van der Waals surface area contributed by atoms with Crippen LogP contribution in [0.25, 0.3) is 5.57 Å². The first kappa shape index (κ1) is 34.3. The molecule has 1 unspecified atom stereocenters. The molecule has 4 N–H and O–H groups in total. The molecule has 1 aromatic rings. The molecule has 2 aliphatic rings. The maximum absolute atomic E-state index is 13.4. The average Bonchev–Trinajstić information content (AvgIpc) is 3.03. The van der Waals surface area contributed by atoms with Crippen LogP contribution in [-0.2, 0) is 0 Å². The lowest BCUT2D eigenvalue weighted by Gasteiger charge is -2.27. The molecule has 1 aromatic heterocycles. The van der Waals surface area contributed by atoms with Crippen molar-refractivity contribution in [2.45, 2.75) is 72.4 Å². The first-order valence-corrected chi connectivity index (χ1v) is 12.4. The number of halogens is 2. The highest BCUT2D eigenvalue weighted by atomic mass is 32.1. The number of thiol groups is 1. The number of aromatic nitrogens is 2. The van der Waals surface area contributed by atoms with Gasteiger partial charge in [0.15, 0.2) is 0 Å². The molecule has 34 heavy (non-hydrogen) atoms. The van der Waals surface area contributed by atoms with Gasteiger partial charge in [-0.2, -0.15) is 0 Å². The molecule has 1 atom stereocenters. The molecular formula is C26H45F2N5S. The van der Waals surface area contributed by atoms with Crippen LogP contribution in [0, 0.1) is 24.2 Å². The maximum Gasteiger partial charge on any atom is 0.125 e. The summed E-state index contributed by atoms with van der Waals surface area (Å²) in [5.74, 6) is 1.71. The lowest BCUT2D eigenvalue weighted by atomic mass is 9.79. The molecule has 0 aliphatic heterocycles. The Hall–Kier alpha value is -1.90. The van der Waals surface area contributed by atoms with E-state index in [1.807, 2.05) is 27.9 Å². The van der Waals surface area contributed by atoms with Gasteiger partial charge in [0.2, 0.25) is 0 Å². The van der Waals surface area contributed by atoms with Crippen molar-refractivity contribution in [2.75, 3.05) is 14.1 Å². The predicted octanol–water partition coefficient (Wildman–Crippen LogP) is 6.82. The highest BCUT2D eigenvalue weighted by Gasteiger charge is 2.23. The second-order valence-electron chi connectivity index (χ2n) is 7.93. The second-order valence-corrected chi connectivity index (χ2v) is 7.93. The van der Waals surface area contributed by atoms with Crippen molar-refractivity contribution in [3.63, 3.8) is 0 Å². The number of allylic oxidation sites excluding steroid dienone is 5. The van der Waals surface area contributed by atoms with Crippen LogP contribution in [0.5, 0.6) is 0 Å². The van der Waals surface area contributed by atoms with Crippen LogP contribution in [0.2, 0.25) is 0 Å². The molecule has 3 rings (SSSR count). The molecule has 1 saturated carbocycles. The molecule has 0 amide bonds. The molecule has 0 bridgehead atoms. The van der Waals surface area contributed by atoms with E-state index in [9.17, 15) is 8.78 Å². The van der Waals surface area contributed by atoms with Crippen LogP contribution in [0.1, 0.15) is 70.8 Å². The predicted molar refractivity (Wildman–Crippen MR) is 147 cm³/mol. The van der Waals surface area contributed by atoms with Crippen molar-refractivity contribution >= 4 is 24.6 Å². The van der Waals surface area contributed by atoms with Gasteiger partial charge in [-0.25, -0.2) is 18.7 Å². The molecule has 194 valence electrons. The zero-order chi connectivity index (χ0) is 26.5. The topological polar surface area (TPSA) is 87.7 Å². The fourth-order valence-electron chi connectivity index (χ4n) is 3.43. The Morgan fingerprint density at radius 2 is 1.76 bits per heavy atom. The number of nitrogens with two attached hydrogens (primary N) is 1. The Balaban J connectivity index is 0. The third-order valence-corrected chi connectivity index (χ3v) is 5.12. The number of aryl methyl sites for hydroxylation is 1. The number of rotatable bonds is 3. The summed E-state index contributed by atoms with van der Waals surface area (Å²) in [4.78, 5) is 8.01. The summed E-state index contributed by atoms with van der Waals surface area (Å²) in [5.41, 5.74) is 2.23. The zero-order valence-electron chi connectivity index (χ0n) is 21.7. The highest BCUT2D eigenvalue weighted by Crippen LogP contribution is 2.36. The first-order chi connectivity index (χ1) is 16.3. The minimum atomic E-state index is -0.959. The molecule has 2 aliphatic carbocycles. The van der Waals surface area contributed by atoms with E-state index >= 15 is 0 Å². The van der Waals surface area contributed by atoms with Crippen LogP contribution >= 0.6 is 12.8 Å². The standard InChI is InChI=1S/C14H20F2.C8H9N3.C2H7N.C2H6.H3NS/c1-10-2-4-11(5-3-10)12-8-13(15)6-7-14(16)9-12;1-6(5-9)8-3-4-10-7(2)11-8;1-3-2;2*1-2/h8-11,13H,2-7H2,1H3;3-5,9H,1H2,2H3;3H,1-2H3;1-2H3;2H,1H2. The van der Waals surface area contributed by atoms with E-state index in [4.69, 9.17) is 5.41 Å². The quantitative estimate of drug-likeness (QED) is 0.272. The molecular weight excluding hydrogens is 452 g/mol. The van der Waals surface area contributed by atoms with Crippen molar-refractivity contribution in [2.24, 2.45) is 17.0 Å². The van der Waals surface area contributed by atoms with Gasteiger partial charge in [-0.3, -0.25) is 5.14 Å². The Kier molecular flexibility index (Phi) is 21.8. The Labute approximate surface area is 211 Å². The van der Waals surface area contributed by atoms with E-state index in [2.05, 4.69) is 46.7 Å². The van der Waals surface area contributed by atoms with Crippen LogP contribution in [0.3, 0.4) is 0 Å². The highest BCUT2D eigenvalue weighted by molar-refractivity contribution is 7.77. The fraction of sp³-hybridized carbons (Fsp3) is 0.577. The number of nitrogens with zero attached hydrogens (tertiary/aromatic N) is 2.